The van der Waals surface area contributed by atoms with Crippen molar-refractivity contribution in [2.45, 2.75) is 0 Å². The van der Waals surface area contributed by atoms with E-state index in [-0.39, 0.29) is 0 Å². The molecule has 0 amide bonds. The molecular weight excluding hydrogens is 553 g/mol. The minimum absolute atomic E-state index is 1.22. The maximum Gasteiger partial charge on any atom is -0.00141 e. The van der Waals surface area contributed by atoms with E-state index in [1.54, 1.807) is 0 Å². The molecule has 0 radical (unpaired) electrons. The smallest absolute Gasteiger partial charge is 0.00141 e. The Kier molecular flexibility index (Phi) is 6.25. The Morgan fingerprint density at radius 1 is 0.239 bits per heavy atom. The predicted molar refractivity (Wildman–Crippen MR) is 198 cm³/mol. The highest BCUT2D eigenvalue weighted by molar-refractivity contribution is 6.26. The third-order valence-corrected chi connectivity index (χ3v) is 9.45. The van der Waals surface area contributed by atoms with Gasteiger partial charge in [-0.3, -0.25) is 0 Å². The molecule has 0 heteroatoms. The zero-order chi connectivity index (χ0) is 30.5. The Morgan fingerprint density at radius 2 is 0.783 bits per heavy atom. The fourth-order valence-electron chi connectivity index (χ4n) is 7.32. The summed E-state index contributed by atoms with van der Waals surface area (Å²) in [6, 6.07) is 66.5. The third-order valence-electron chi connectivity index (χ3n) is 9.45. The van der Waals surface area contributed by atoms with Gasteiger partial charge in [0.1, 0.15) is 0 Å². The number of hydrogen-bond donors (Lipinski definition) is 0. The van der Waals surface area contributed by atoms with Crippen molar-refractivity contribution >= 4 is 43.1 Å². The normalized spacial score (nSPS) is 11.5. The first-order chi connectivity index (χ1) is 22.8. The predicted octanol–water partition coefficient (Wildman–Crippen LogP) is 13.0. The SMILES string of the molecule is c1ccc(-c2cccc3c(-c4cccc5ccccc45)c4ccccc4c(-c4ccc(-c5ccc6ccccc6c5)cc4)c23)cc1. The average molecular weight is 583 g/mol. The van der Waals surface area contributed by atoms with Crippen LogP contribution in [0.15, 0.2) is 182 Å². The van der Waals surface area contributed by atoms with Gasteiger partial charge in [-0.1, -0.05) is 176 Å². The van der Waals surface area contributed by atoms with Gasteiger partial charge >= 0.3 is 0 Å². The molecule has 9 aromatic rings. The Morgan fingerprint density at radius 3 is 1.59 bits per heavy atom. The Labute approximate surface area is 268 Å². The van der Waals surface area contributed by atoms with Gasteiger partial charge in [-0.25, -0.2) is 0 Å². The van der Waals surface area contributed by atoms with Crippen molar-refractivity contribution in [2.75, 3.05) is 0 Å². The molecule has 0 aliphatic carbocycles. The van der Waals surface area contributed by atoms with Gasteiger partial charge in [-0.2, -0.15) is 0 Å². The van der Waals surface area contributed by atoms with E-state index in [4.69, 9.17) is 0 Å². The molecule has 9 rings (SSSR count). The lowest BCUT2D eigenvalue weighted by Gasteiger charge is -2.21. The molecule has 0 N–H and O–H groups in total. The van der Waals surface area contributed by atoms with E-state index >= 15 is 0 Å². The molecule has 46 heavy (non-hydrogen) atoms. The highest BCUT2D eigenvalue weighted by Gasteiger charge is 2.20. The number of fused-ring (bicyclic) bond motifs is 4. The van der Waals surface area contributed by atoms with E-state index in [0.29, 0.717) is 0 Å². The van der Waals surface area contributed by atoms with Crippen LogP contribution in [-0.2, 0) is 0 Å². The van der Waals surface area contributed by atoms with Crippen LogP contribution in [0.2, 0.25) is 0 Å². The van der Waals surface area contributed by atoms with Crippen molar-refractivity contribution in [3.8, 4) is 44.5 Å². The molecule has 0 bridgehead atoms. The van der Waals surface area contributed by atoms with Gasteiger partial charge in [-0.15, -0.1) is 0 Å². The van der Waals surface area contributed by atoms with E-state index in [9.17, 15) is 0 Å². The van der Waals surface area contributed by atoms with Gasteiger partial charge < -0.3 is 0 Å². The quantitative estimate of drug-likeness (QED) is 0.181. The number of rotatable bonds is 4. The molecule has 0 spiro atoms. The van der Waals surface area contributed by atoms with E-state index in [1.807, 2.05) is 0 Å². The van der Waals surface area contributed by atoms with Crippen LogP contribution in [0, 0.1) is 0 Å². The lowest BCUT2D eigenvalue weighted by Crippen LogP contribution is -1.94. The maximum atomic E-state index is 2.32. The first-order valence-electron chi connectivity index (χ1n) is 15.9. The zero-order valence-corrected chi connectivity index (χ0v) is 25.3. The van der Waals surface area contributed by atoms with Crippen LogP contribution >= 0.6 is 0 Å². The molecular formula is C46H30. The Hall–Kier alpha value is -5.98. The van der Waals surface area contributed by atoms with E-state index in [1.165, 1.54) is 87.6 Å². The van der Waals surface area contributed by atoms with Crippen LogP contribution in [0.5, 0.6) is 0 Å². The second-order valence-corrected chi connectivity index (χ2v) is 12.1. The molecule has 0 unspecified atom stereocenters. The number of benzene rings is 9. The topological polar surface area (TPSA) is 0 Å². The highest BCUT2D eigenvalue weighted by Crippen LogP contribution is 2.48. The van der Waals surface area contributed by atoms with Gasteiger partial charge in [-0.05, 0) is 93.7 Å². The molecule has 0 fully saturated rings. The average Bonchev–Trinajstić information content (AvgIpc) is 3.13. The summed E-state index contributed by atoms with van der Waals surface area (Å²) in [5, 5.41) is 10.1. The summed E-state index contributed by atoms with van der Waals surface area (Å²) in [5.74, 6) is 0. The Balaban J connectivity index is 1.35. The lowest BCUT2D eigenvalue weighted by atomic mass is 9.82. The second-order valence-electron chi connectivity index (χ2n) is 12.1. The van der Waals surface area contributed by atoms with Gasteiger partial charge in [0.15, 0.2) is 0 Å². The molecule has 0 atom stereocenters. The van der Waals surface area contributed by atoms with E-state index < -0.39 is 0 Å². The highest BCUT2D eigenvalue weighted by atomic mass is 14.2. The van der Waals surface area contributed by atoms with Crippen molar-refractivity contribution in [1.29, 1.82) is 0 Å². The summed E-state index contributed by atoms with van der Waals surface area (Å²) in [4.78, 5) is 0. The minimum atomic E-state index is 1.22. The lowest BCUT2D eigenvalue weighted by molar-refractivity contribution is 1.62. The van der Waals surface area contributed by atoms with Crippen LogP contribution in [0.1, 0.15) is 0 Å². The molecule has 0 saturated carbocycles. The fraction of sp³-hybridized carbons (Fsp3) is 0. The van der Waals surface area contributed by atoms with Crippen LogP contribution in [0.4, 0.5) is 0 Å². The summed E-state index contributed by atoms with van der Waals surface area (Å²) in [7, 11) is 0. The van der Waals surface area contributed by atoms with E-state index in [2.05, 4.69) is 182 Å². The van der Waals surface area contributed by atoms with Crippen molar-refractivity contribution in [3.63, 3.8) is 0 Å². The van der Waals surface area contributed by atoms with Crippen molar-refractivity contribution < 1.29 is 0 Å². The molecule has 0 aliphatic rings. The summed E-state index contributed by atoms with van der Waals surface area (Å²) in [6.07, 6.45) is 0. The standard InChI is InChI=1S/C46H30/c1-2-13-34(14-3-1)39-21-11-23-43-45(40-22-10-17-33-15-6-7-18-38(33)40)42-20-9-8-19-41(42)44(46(39)43)35-27-24-32(25-28-35)37-29-26-31-12-4-5-16-36(31)30-37/h1-30H. The molecule has 0 aromatic heterocycles. The largest absolute Gasteiger partial charge is 0.0622 e. The van der Waals surface area contributed by atoms with Gasteiger partial charge in [0.25, 0.3) is 0 Å². The fourth-order valence-corrected chi connectivity index (χ4v) is 7.32. The molecule has 9 aromatic carbocycles. The second kappa shape index (κ2) is 10.9. The van der Waals surface area contributed by atoms with Crippen molar-refractivity contribution in [1.82, 2.24) is 0 Å². The molecule has 0 heterocycles. The van der Waals surface area contributed by atoms with Crippen molar-refractivity contribution in [3.05, 3.63) is 182 Å². The summed E-state index contributed by atoms with van der Waals surface area (Å²) < 4.78 is 0. The van der Waals surface area contributed by atoms with Crippen LogP contribution in [0.25, 0.3) is 87.6 Å². The molecule has 214 valence electrons. The van der Waals surface area contributed by atoms with Gasteiger partial charge in [0.2, 0.25) is 0 Å². The maximum absolute atomic E-state index is 2.32. The summed E-state index contributed by atoms with van der Waals surface area (Å²) in [6.45, 7) is 0. The van der Waals surface area contributed by atoms with Gasteiger partial charge in [0.05, 0.1) is 0 Å². The van der Waals surface area contributed by atoms with E-state index in [0.717, 1.165) is 0 Å². The molecule has 0 aliphatic heterocycles. The monoisotopic (exact) mass is 582 g/mol. The van der Waals surface area contributed by atoms with Crippen molar-refractivity contribution in [2.24, 2.45) is 0 Å². The van der Waals surface area contributed by atoms with Crippen LogP contribution < -0.4 is 0 Å². The summed E-state index contributed by atoms with van der Waals surface area (Å²) >= 11 is 0. The zero-order valence-electron chi connectivity index (χ0n) is 25.3. The van der Waals surface area contributed by atoms with Crippen LogP contribution in [-0.4, -0.2) is 0 Å². The Bertz CT molecular complexity index is 2550. The number of hydrogen-bond acceptors (Lipinski definition) is 0. The first kappa shape index (κ1) is 26.4. The minimum Gasteiger partial charge on any atom is -0.0622 e. The third kappa shape index (κ3) is 4.30. The molecule has 0 nitrogen and oxygen atoms in total. The molecule has 0 saturated heterocycles. The summed E-state index contributed by atoms with van der Waals surface area (Å²) in [5.41, 5.74) is 9.98. The van der Waals surface area contributed by atoms with Crippen LogP contribution in [0.3, 0.4) is 0 Å². The van der Waals surface area contributed by atoms with Gasteiger partial charge in [0, 0.05) is 0 Å². The first-order valence-corrected chi connectivity index (χ1v) is 15.9.